The Hall–Kier alpha value is -4.87. The standard InChI is InChI=1S/C30H14F2N2O/c1-15(12-33)27-25-10-17(31)2-4-19(25)20-6-7-21-22(30(20)27)8-9-24-28(16(13-34)14-35)26-11-18(32)3-5-23(26)29(21)24/h2-11,14H,1H3/b27-15-,28-16-. The maximum absolute atomic E-state index is 14.2. The van der Waals surface area contributed by atoms with Crippen molar-refractivity contribution >= 4 is 28.2 Å². The molecular formula is C30H14F2N2O. The van der Waals surface area contributed by atoms with Crippen LogP contribution in [-0.2, 0) is 4.79 Å². The van der Waals surface area contributed by atoms with E-state index in [1.165, 1.54) is 24.3 Å². The number of halogens is 2. The summed E-state index contributed by atoms with van der Waals surface area (Å²) in [6.45, 7) is 1.72. The van der Waals surface area contributed by atoms with Gasteiger partial charge in [-0.05, 0) is 86.5 Å². The highest BCUT2D eigenvalue weighted by atomic mass is 19.1. The van der Waals surface area contributed by atoms with Crippen molar-refractivity contribution in [1.29, 1.82) is 10.5 Å². The number of hydrogen-bond donors (Lipinski definition) is 0. The van der Waals surface area contributed by atoms with Crippen LogP contribution < -0.4 is 0 Å². The van der Waals surface area contributed by atoms with Gasteiger partial charge in [-0.3, -0.25) is 4.79 Å². The molecule has 0 fully saturated rings. The lowest BCUT2D eigenvalue weighted by Gasteiger charge is -2.13. The molecule has 0 saturated carbocycles. The van der Waals surface area contributed by atoms with Gasteiger partial charge < -0.3 is 0 Å². The highest BCUT2D eigenvalue weighted by molar-refractivity contribution is 6.20. The zero-order valence-corrected chi connectivity index (χ0v) is 18.4. The summed E-state index contributed by atoms with van der Waals surface area (Å²) in [7, 11) is 0. The topological polar surface area (TPSA) is 64.7 Å². The maximum Gasteiger partial charge on any atom is 0.161 e. The van der Waals surface area contributed by atoms with Crippen molar-refractivity contribution in [2.24, 2.45) is 0 Å². The second-order valence-corrected chi connectivity index (χ2v) is 8.58. The van der Waals surface area contributed by atoms with Crippen molar-refractivity contribution in [3.05, 3.63) is 106 Å². The summed E-state index contributed by atoms with van der Waals surface area (Å²) in [6.07, 6.45) is 0.494. The highest BCUT2D eigenvalue weighted by Crippen LogP contribution is 2.53. The lowest BCUT2D eigenvalue weighted by Crippen LogP contribution is -1.92. The second-order valence-electron chi connectivity index (χ2n) is 8.58. The van der Waals surface area contributed by atoms with E-state index in [2.05, 4.69) is 6.07 Å². The van der Waals surface area contributed by atoms with E-state index in [4.69, 9.17) is 0 Å². The number of rotatable bonds is 1. The van der Waals surface area contributed by atoms with Crippen LogP contribution in [-0.4, -0.2) is 6.29 Å². The van der Waals surface area contributed by atoms with E-state index in [-0.39, 0.29) is 11.4 Å². The molecule has 4 aromatic carbocycles. The summed E-state index contributed by atoms with van der Waals surface area (Å²) in [6, 6.07) is 20.7. The summed E-state index contributed by atoms with van der Waals surface area (Å²) >= 11 is 0. The van der Waals surface area contributed by atoms with Gasteiger partial charge in [-0.1, -0.05) is 36.4 Å². The lowest BCUT2D eigenvalue weighted by molar-refractivity contribution is -0.104. The minimum absolute atomic E-state index is 0.0695. The third-order valence-electron chi connectivity index (χ3n) is 6.83. The van der Waals surface area contributed by atoms with Crippen molar-refractivity contribution in [2.75, 3.05) is 0 Å². The highest BCUT2D eigenvalue weighted by Gasteiger charge is 2.32. The largest absolute Gasteiger partial charge is 0.297 e. The summed E-state index contributed by atoms with van der Waals surface area (Å²) < 4.78 is 28.4. The molecule has 0 bridgehead atoms. The molecule has 0 radical (unpaired) electrons. The van der Waals surface area contributed by atoms with E-state index in [0.29, 0.717) is 39.7 Å². The molecule has 0 saturated heterocycles. The van der Waals surface area contributed by atoms with Crippen molar-refractivity contribution in [1.82, 2.24) is 0 Å². The Kier molecular flexibility index (Phi) is 4.33. The van der Waals surface area contributed by atoms with Crippen LogP contribution in [0.5, 0.6) is 0 Å². The molecule has 0 unspecified atom stereocenters. The second kappa shape index (κ2) is 7.32. The average molecular weight is 456 g/mol. The Labute approximate surface area is 199 Å². The van der Waals surface area contributed by atoms with Crippen molar-refractivity contribution < 1.29 is 13.6 Å². The molecule has 0 heterocycles. The third kappa shape index (κ3) is 2.70. The van der Waals surface area contributed by atoms with Gasteiger partial charge in [-0.2, -0.15) is 10.5 Å². The molecular weight excluding hydrogens is 442 g/mol. The van der Waals surface area contributed by atoms with Crippen LogP contribution in [0, 0.1) is 34.3 Å². The predicted molar refractivity (Wildman–Crippen MR) is 130 cm³/mol. The Morgan fingerprint density at radius 2 is 1.26 bits per heavy atom. The van der Waals surface area contributed by atoms with Crippen LogP contribution in [0.1, 0.15) is 29.2 Å². The van der Waals surface area contributed by atoms with Crippen molar-refractivity contribution in [2.45, 2.75) is 6.92 Å². The smallest absolute Gasteiger partial charge is 0.161 e. The maximum atomic E-state index is 14.2. The zero-order valence-electron chi connectivity index (χ0n) is 18.4. The van der Waals surface area contributed by atoms with Crippen LogP contribution in [0.3, 0.4) is 0 Å². The Morgan fingerprint density at radius 3 is 1.89 bits per heavy atom. The molecule has 0 aromatic heterocycles. The minimum atomic E-state index is -0.463. The molecule has 35 heavy (non-hydrogen) atoms. The monoisotopic (exact) mass is 456 g/mol. The molecule has 2 aliphatic carbocycles. The van der Waals surface area contributed by atoms with Gasteiger partial charge in [-0.15, -0.1) is 0 Å². The fourth-order valence-electron chi connectivity index (χ4n) is 5.45. The number of aldehydes is 1. The number of allylic oxidation sites excluding steroid dienone is 2. The molecule has 0 atom stereocenters. The van der Waals surface area contributed by atoms with E-state index in [1.54, 1.807) is 19.1 Å². The molecule has 164 valence electrons. The number of nitriles is 2. The number of benzene rings is 4. The van der Waals surface area contributed by atoms with Crippen molar-refractivity contribution in [3.63, 3.8) is 0 Å². The van der Waals surface area contributed by atoms with E-state index in [1.807, 2.05) is 30.3 Å². The van der Waals surface area contributed by atoms with E-state index in [0.717, 1.165) is 38.6 Å². The Bertz CT molecular complexity index is 1810. The van der Waals surface area contributed by atoms with Gasteiger partial charge >= 0.3 is 0 Å². The molecule has 5 heteroatoms. The fourth-order valence-corrected chi connectivity index (χ4v) is 5.45. The van der Waals surface area contributed by atoms with Crippen LogP contribution in [0.4, 0.5) is 8.78 Å². The summed E-state index contributed by atoms with van der Waals surface area (Å²) in [4.78, 5) is 11.7. The number of nitrogens with zero attached hydrogens (tertiary/aromatic N) is 2. The van der Waals surface area contributed by atoms with E-state index < -0.39 is 5.82 Å². The summed E-state index contributed by atoms with van der Waals surface area (Å²) in [5.74, 6) is -0.844. The molecule has 6 rings (SSSR count). The van der Waals surface area contributed by atoms with Gasteiger partial charge in [-0.25, -0.2) is 8.78 Å². The fraction of sp³-hybridized carbons (Fsp3) is 0.0333. The average Bonchev–Trinajstić information content (AvgIpc) is 3.36. The number of fused-ring (bicyclic) bond motifs is 9. The Morgan fingerprint density at radius 1 is 0.686 bits per heavy atom. The normalized spacial score (nSPS) is 15.5. The van der Waals surface area contributed by atoms with E-state index >= 15 is 0 Å². The van der Waals surface area contributed by atoms with Crippen LogP contribution in [0.15, 0.2) is 71.8 Å². The molecule has 0 aliphatic heterocycles. The van der Waals surface area contributed by atoms with Crippen LogP contribution >= 0.6 is 0 Å². The SMILES string of the molecule is C/C(C#N)=C1\c2cc(F)ccc2-c2ccc3c4c(ccc3c21)/C(=C(\C#N)C=O)c1cc(F)ccc1-4. The van der Waals surface area contributed by atoms with E-state index in [9.17, 15) is 24.1 Å². The molecule has 0 amide bonds. The molecule has 0 spiro atoms. The first-order chi connectivity index (χ1) is 17.0. The van der Waals surface area contributed by atoms with Gasteiger partial charge in [0.15, 0.2) is 6.29 Å². The first-order valence-corrected chi connectivity index (χ1v) is 10.9. The quantitative estimate of drug-likeness (QED) is 0.153. The third-order valence-corrected chi connectivity index (χ3v) is 6.83. The van der Waals surface area contributed by atoms with Crippen LogP contribution in [0.25, 0.3) is 44.2 Å². The molecule has 0 N–H and O–H groups in total. The summed E-state index contributed by atoms with van der Waals surface area (Å²) in [5, 5.41) is 21.0. The number of hydrogen-bond acceptors (Lipinski definition) is 3. The first-order valence-electron chi connectivity index (χ1n) is 10.9. The summed E-state index contributed by atoms with van der Waals surface area (Å²) in [5.41, 5.74) is 7.42. The lowest BCUT2D eigenvalue weighted by atomic mass is 9.89. The van der Waals surface area contributed by atoms with Gasteiger partial charge in [0.1, 0.15) is 23.3 Å². The van der Waals surface area contributed by atoms with Gasteiger partial charge in [0, 0.05) is 16.7 Å². The van der Waals surface area contributed by atoms with Gasteiger partial charge in [0.25, 0.3) is 0 Å². The minimum Gasteiger partial charge on any atom is -0.297 e. The van der Waals surface area contributed by atoms with Gasteiger partial charge in [0.05, 0.1) is 6.07 Å². The number of carbonyl (C=O) groups excluding carboxylic acids is 1. The van der Waals surface area contributed by atoms with Crippen molar-refractivity contribution in [3.8, 4) is 34.4 Å². The van der Waals surface area contributed by atoms with Crippen LogP contribution in [0.2, 0.25) is 0 Å². The number of carbonyl (C=O) groups is 1. The molecule has 4 aromatic rings. The predicted octanol–water partition coefficient (Wildman–Crippen LogP) is 6.95. The molecule has 3 nitrogen and oxygen atoms in total. The molecule has 2 aliphatic rings. The Balaban J connectivity index is 1.77. The van der Waals surface area contributed by atoms with Gasteiger partial charge in [0.2, 0.25) is 0 Å². The zero-order chi connectivity index (χ0) is 24.4. The first kappa shape index (κ1) is 20.7.